The first-order valence-corrected chi connectivity index (χ1v) is 8.94. The molecule has 26 heavy (non-hydrogen) atoms. The number of hydrogen-bond acceptors (Lipinski definition) is 4. The molecule has 1 aliphatic heterocycles. The van der Waals surface area contributed by atoms with E-state index in [1.165, 1.54) is 5.52 Å². The van der Waals surface area contributed by atoms with Crippen molar-refractivity contribution < 1.29 is 0 Å². The summed E-state index contributed by atoms with van der Waals surface area (Å²) < 4.78 is 2.19. The summed E-state index contributed by atoms with van der Waals surface area (Å²) in [6.45, 7) is 4.64. The van der Waals surface area contributed by atoms with Gasteiger partial charge >= 0.3 is 0 Å². The van der Waals surface area contributed by atoms with Crippen molar-refractivity contribution in [3.8, 4) is 0 Å². The maximum absolute atomic E-state index is 7.79. The van der Waals surface area contributed by atoms with Gasteiger partial charge in [0.15, 0.2) is 0 Å². The van der Waals surface area contributed by atoms with Gasteiger partial charge in [-0.15, -0.1) is 0 Å². The van der Waals surface area contributed by atoms with E-state index in [1.54, 1.807) is 0 Å². The van der Waals surface area contributed by atoms with Crippen molar-refractivity contribution in [2.75, 3.05) is 31.1 Å². The zero-order chi connectivity index (χ0) is 18.1. The molecule has 6 nitrogen and oxygen atoms in total. The van der Waals surface area contributed by atoms with Crippen LogP contribution < -0.4 is 10.6 Å². The maximum atomic E-state index is 7.79. The molecule has 2 aromatic carbocycles. The molecule has 3 aromatic rings. The summed E-state index contributed by atoms with van der Waals surface area (Å²) in [4.78, 5) is 9.54. The molecule has 4 rings (SSSR count). The minimum atomic E-state index is 0.128. The third-order valence-corrected chi connectivity index (χ3v) is 5.15. The first-order chi connectivity index (χ1) is 12.6. The monoisotopic (exact) mass is 348 g/mol. The van der Waals surface area contributed by atoms with E-state index in [1.807, 2.05) is 24.3 Å². The van der Waals surface area contributed by atoms with Crippen LogP contribution in [0.15, 0.2) is 48.5 Å². The maximum Gasteiger partial charge on any atom is 0.124 e. The largest absolute Gasteiger partial charge is 0.384 e. The molecule has 1 fully saturated rings. The highest BCUT2D eigenvalue weighted by molar-refractivity contribution is 6.00. The van der Waals surface area contributed by atoms with E-state index in [0.717, 1.165) is 55.3 Å². The molecule has 1 aliphatic rings. The van der Waals surface area contributed by atoms with E-state index in [9.17, 15) is 0 Å². The highest BCUT2D eigenvalue weighted by atomic mass is 15.3. The Morgan fingerprint density at radius 3 is 2.46 bits per heavy atom. The number of amidine groups is 1. The molecule has 3 N–H and O–H groups in total. The van der Waals surface area contributed by atoms with Gasteiger partial charge in [-0.25, -0.2) is 4.98 Å². The Kier molecular flexibility index (Phi) is 4.34. The summed E-state index contributed by atoms with van der Waals surface area (Å²) in [7, 11) is 2.09. The number of benzene rings is 2. The van der Waals surface area contributed by atoms with Gasteiger partial charge in [0.2, 0.25) is 0 Å². The van der Waals surface area contributed by atoms with Crippen LogP contribution in [0, 0.1) is 5.41 Å². The van der Waals surface area contributed by atoms with E-state index in [4.69, 9.17) is 16.1 Å². The predicted molar refractivity (Wildman–Crippen MR) is 106 cm³/mol. The number of nitrogens with zero attached hydrogens (tertiary/aromatic N) is 4. The lowest BCUT2D eigenvalue weighted by molar-refractivity contribution is 0.242. The number of nitrogens with two attached hydrogens (primary N) is 1. The van der Waals surface area contributed by atoms with Crippen LogP contribution in [0.5, 0.6) is 0 Å². The summed E-state index contributed by atoms with van der Waals surface area (Å²) >= 11 is 0. The topological polar surface area (TPSA) is 74.2 Å². The number of piperazine rings is 1. The Morgan fingerprint density at radius 1 is 1.04 bits per heavy atom. The summed E-state index contributed by atoms with van der Waals surface area (Å²) in [5.74, 6) is 1.23. The van der Waals surface area contributed by atoms with Crippen LogP contribution in [-0.2, 0) is 13.6 Å². The van der Waals surface area contributed by atoms with Gasteiger partial charge in [-0.3, -0.25) is 10.3 Å². The minimum Gasteiger partial charge on any atom is -0.384 e. The summed E-state index contributed by atoms with van der Waals surface area (Å²) in [6.07, 6.45) is 0. The quantitative estimate of drug-likeness (QED) is 0.560. The SMILES string of the molecule is Cn1c(CN2CCN(c3ccccc3C(=N)N)CC2)nc2ccccc21. The number of aryl methyl sites for hydroxylation is 1. The molecule has 2 heterocycles. The second-order valence-corrected chi connectivity index (χ2v) is 6.77. The van der Waals surface area contributed by atoms with E-state index >= 15 is 0 Å². The molecule has 0 bridgehead atoms. The number of rotatable bonds is 4. The van der Waals surface area contributed by atoms with Crippen LogP contribution in [0.3, 0.4) is 0 Å². The Balaban J connectivity index is 1.45. The van der Waals surface area contributed by atoms with Crippen LogP contribution in [0.2, 0.25) is 0 Å². The normalized spacial score (nSPS) is 15.5. The molecule has 134 valence electrons. The molecule has 0 radical (unpaired) electrons. The van der Waals surface area contributed by atoms with Crippen LogP contribution in [0.4, 0.5) is 5.69 Å². The average molecular weight is 348 g/mol. The lowest BCUT2D eigenvalue weighted by atomic mass is 10.1. The fourth-order valence-electron chi connectivity index (χ4n) is 3.66. The fraction of sp³-hybridized carbons (Fsp3) is 0.300. The van der Waals surface area contributed by atoms with E-state index in [2.05, 4.69) is 45.7 Å². The Morgan fingerprint density at radius 2 is 1.73 bits per heavy atom. The number of imidazole rings is 1. The molecule has 0 amide bonds. The molecule has 0 spiro atoms. The van der Waals surface area contributed by atoms with E-state index in [0.29, 0.717) is 0 Å². The smallest absolute Gasteiger partial charge is 0.124 e. The fourth-order valence-corrected chi connectivity index (χ4v) is 3.66. The molecule has 0 aliphatic carbocycles. The van der Waals surface area contributed by atoms with Gasteiger partial charge in [-0.1, -0.05) is 24.3 Å². The van der Waals surface area contributed by atoms with Crippen molar-refractivity contribution in [1.29, 1.82) is 5.41 Å². The van der Waals surface area contributed by atoms with Crippen LogP contribution in [-0.4, -0.2) is 46.5 Å². The first kappa shape index (κ1) is 16.6. The number of nitrogen functional groups attached to an aromatic ring is 1. The average Bonchev–Trinajstić information content (AvgIpc) is 2.98. The summed E-state index contributed by atoms with van der Waals surface area (Å²) in [5, 5.41) is 7.79. The van der Waals surface area contributed by atoms with Crippen LogP contribution in [0.25, 0.3) is 11.0 Å². The second-order valence-electron chi connectivity index (χ2n) is 6.77. The number of anilines is 1. The van der Waals surface area contributed by atoms with Gasteiger partial charge in [0.1, 0.15) is 11.7 Å². The highest BCUT2D eigenvalue weighted by Gasteiger charge is 2.21. The molecular weight excluding hydrogens is 324 g/mol. The predicted octanol–water partition coefficient (Wildman–Crippen LogP) is 2.18. The molecule has 0 unspecified atom stereocenters. The minimum absolute atomic E-state index is 0.128. The van der Waals surface area contributed by atoms with Crippen molar-refractivity contribution in [2.45, 2.75) is 6.54 Å². The van der Waals surface area contributed by atoms with Crippen LogP contribution in [0.1, 0.15) is 11.4 Å². The molecule has 0 atom stereocenters. The van der Waals surface area contributed by atoms with Crippen molar-refractivity contribution in [1.82, 2.24) is 14.5 Å². The zero-order valence-corrected chi connectivity index (χ0v) is 15.0. The molecule has 0 saturated carbocycles. The lowest BCUT2D eigenvalue weighted by Crippen LogP contribution is -2.46. The second kappa shape index (κ2) is 6.80. The van der Waals surface area contributed by atoms with Crippen molar-refractivity contribution in [2.24, 2.45) is 12.8 Å². The van der Waals surface area contributed by atoms with Crippen molar-refractivity contribution in [3.05, 3.63) is 59.9 Å². The Hall–Kier alpha value is -2.86. The summed E-state index contributed by atoms with van der Waals surface area (Å²) in [6, 6.07) is 16.2. The van der Waals surface area contributed by atoms with Gasteiger partial charge in [0.05, 0.1) is 17.6 Å². The molecule has 6 heteroatoms. The third-order valence-electron chi connectivity index (χ3n) is 5.15. The van der Waals surface area contributed by atoms with Gasteiger partial charge in [-0.05, 0) is 24.3 Å². The lowest BCUT2D eigenvalue weighted by Gasteiger charge is -2.36. The van der Waals surface area contributed by atoms with Crippen molar-refractivity contribution >= 4 is 22.6 Å². The number of para-hydroxylation sites is 3. The number of aromatic nitrogens is 2. The molecule has 1 aromatic heterocycles. The van der Waals surface area contributed by atoms with Crippen molar-refractivity contribution in [3.63, 3.8) is 0 Å². The van der Waals surface area contributed by atoms with E-state index < -0.39 is 0 Å². The van der Waals surface area contributed by atoms with Gasteiger partial charge in [0, 0.05) is 44.5 Å². The number of fused-ring (bicyclic) bond motifs is 1. The van der Waals surface area contributed by atoms with E-state index in [-0.39, 0.29) is 5.84 Å². The Bertz CT molecular complexity index is 936. The first-order valence-electron chi connectivity index (χ1n) is 8.94. The Labute approximate surface area is 153 Å². The highest BCUT2D eigenvalue weighted by Crippen LogP contribution is 2.22. The van der Waals surface area contributed by atoms with Gasteiger partial charge in [0.25, 0.3) is 0 Å². The van der Waals surface area contributed by atoms with Gasteiger partial charge < -0.3 is 15.2 Å². The number of nitrogens with one attached hydrogen (secondary N) is 1. The standard InChI is InChI=1S/C20H24N6/c1-24-18-9-5-3-7-16(18)23-19(24)14-25-10-12-26(13-11-25)17-8-4-2-6-15(17)20(21)22/h2-9H,10-14H2,1H3,(H3,21,22). The molecular formula is C20H24N6. The zero-order valence-electron chi connectivity index (χ0n) is 15.0. The van der Waals surface area contributed by atoms with Crippen LogP contribution >= 0.6 is 0 Å². The molecule has 1 saturated heterocycles. The van der Waals surface area contributed by atoms with Gasteiger partial charge in [-0.2, -0.15) is 0 Å². The third kappa shape index (κ3) is 3.04. The number of hydrogen-bond donors (Lipinski definition) is 2. The summed E-state index contributed by atoms with van der Waals surface area (Å²) in [5.41, 5.74) is 9.85.